The van der Waals surface area contributed by atoms with E-state index in [9.17, 15) is 4.79 Å². The average Bonchev–Trinajstić information content (AvgIpc) is 2.55. The number of nitrogens with two attached hydrogens (primary N) is 1. The molecule has 5 heteroatoms. The van der Waals surface area contributed by atoms with Gasteiger partial charge in [-0.15, -0.1) is 0 Å². The number of carbonyl (C=O) groups excluding carboxylic acids is 1. The van der Waals surface area contributed by atoms with Crippen molar-refractivity contribution in [2.75, 3.05) is 5.32 Å². The number of nitriles is 1. The number of halogens is 1. The van der Waals surface area contributed by atoms with E-state index in [1.807, 2.05) is 43.4 Å². The summed E-state index contributed by atoms with van der Waals surface area (Å²) in [6, 6.07) is 16.4. The lowest BCUT2D eigenvalue weighted by molar-refractivity contribution is -0.709. The monoisotopic (exact) mass is 328 g/mol. The molecule has 0 saturated carbocycles. The van der Waals surface area contributed by atoms with Gasteiger partial charge in [-0.05, 0) is 32.0 Å². The largest absolute Gasteiger partial charge is 0.330 e. The van der Waals surface area contributed by atoms with Gasteiger partial charge in [0.1, 0.15) is 12.1 Å². The van der Waals surface area contributed by atoms with Crippen LogP contribution in [0, 0.1) is 11.3 Å². The molecule has 2 aromatic carbocycles. The highest BCUT2D eigenvalue weighted by Gasteiger charge is 2.22. The fourth-order valence-corrected chi connectivity index (χ4v) is 2.71. The molecule has 2 aromatic rings. The molecule has 23 heavy (non-hydrogen) atoms. The Morgan fingerprint density at radius 3 is 2.52 bits per heavy atom. The molecule has 0 unspecified atom stereocenters. The number of hydrogen-bond acceptors (Lipinski definition) is 2. The van der Waals surface area contributed by atoms with Crippen LogP contribution in [-0.2, 0) is 4.79 Å². The first-order chi connectivity index (χ1) is 11.0. The van der Waals surface area contributed by atoms with Crippen LogP contribution in [-0.4, -0.2) is 11.9 Å². The number of para-hydroxylation sites is 1. The van der Waals surface area contributed by atoms with Gasteiger partial charge in [0.2, 0.25) is 0 Å². The van der Waals surface area contributed by atoms with Crippen molar-refractivity contribution in [3.8, 4) is 6.07 Å². The minimum atomic E-state index is -0.312. The Morgan fingerprint density at radius 1 is 1.17 bits per heavy atom. The molecule has 3 N–H and O–H groups in total. The maximum atomic E-state index is 12.3. The summed E-state index contributed by atoms with van der Waals surface area (Å²) in [4.78, 5) is 12.3. The van der Waals surface area contributed by atoms with Crippen molar-refractivity contribution in [3.63, 3.8) is 0 Å². The van der Waals surface area contributed by atoms with Gasteiger partial charge in [0, 0.05) is 10.6 Å². The summed E-state index contributed by atoms with van der Waals surface area (Å²) in [6.45, 7) is 3.84. The molecule has 0 radical (unpaired) electrons. The molecule has 0 spiro atoms. The van der Waals surface area contributed by atoms with Crippen LogP contribution in [0.25, 0.3) is 0 Å². The van der Waals surface area contributed by atoms with E-state index in [4.69, 9.17) is 16.9 Å². The Kier molecular flexibility index (Phi) is 5.75. The summed E-state index contributed by atoms with van der Waals surface area (Å²) >= 11 is 6.19. The first-order valence-corrected chi connectivity index (χ1v) is 7.80. The Balaban J connectivity index is 2.03. The second kappa shape index (κ2) is 7.77. The fraction of sp³-hybridized carbons (Fsp3) is 0.222. The van der Waals surface area contributed by atoms with Gasteiger partial charge in [0.15, 0.2) is 6.04 Å². The molecule has 0 aromatic heterocycles. The SMILES string of the molecule is C[C@H]([NH2+][C@H](C)c1ccccc1Cl)C(=O)Nc1ccccc1C#N. The second-order valence-corrected chi connectivity index (χ2v) is 5.85. The minimum Gasteiger partial charge on any atom is -0.330 e. The third-order valence-electron chi connectivity index (χ3n) is 3.69. The second-order valence-electron chi connectivity index (χ2n) is 5.44. The van der Waals surface area contributed by atoms with Crippen molar-refractivity contribution < 1.29 is 10.1 Å². The number of anilines is 1. The molecule has 0 aliphatic rings. The Hall–Kier alpha value is -2.35. The number of nitrogens with one attached hydrogen (secondary N) is 1. The predicted octanol–water partition coefficient (Wildman–Crippen LogP) is 2.86. The van der Waals surface area contributed by atoms with Crippen molar-refractivity contribution in [2.24, 2.45) is 0 Å². The molecule has 0 heterocycles. The van der Waals surface area contributed by atoms with E-state index in [-0.39, 0.29) is 18.0 Å². The van der Waals surface area contributed by atoms with E-state index in [2.05, 4.69) is 11.4 Å². The molecule has 1 amide bonds. The van der Waals surface area contributed by atoms with Crippen LogP contribution in [0.1, 0.15) is 31.0 Å². The Morgan fingerprint density at radius 2 is 1.83 bits per heavy atom. The van der Waals surface area contributed by atoms with Gasteiger partial charge >= 0.3 is 0 Å². The number of quaternary nitrogens is 1. The van der Waals surface area contributed by atoms with Gasteiger partial charge in [-0.2, -0.15) is 5.26 Å². The lowest BCUT2D eigenvalue weighted by Gasteiger charge is -2.18. The summed E-state index contributed by atoms with van der Waals surface area (Å²) in [5.41, 5.74) is 1.98. The van der Waals surface area contributed by atoms with Gasteiger partial charge in [0.25, 0.3) is 5.91 Å². The van der Waals surface area contributed by atoms with E-state index in [0.717, 1.165) is 5.56 Å². The van der Waals surface area contributed by atoms with Crippen molar-refractivity contribution in [3.05, 3.63) is 64.7 Å². The van der Waals surface area contributed by atoms with Gasteiger partial charge in [0.05, 0.1) is 11.3 Å². The third-order valence-corrected chi connectivity index (χ3v) is 4.04. The fourth-order valence-electron chi connectivity index (χ4n) is 2.40. The summed E-state index contributed by atoms with van der Waals surface area (Å²) in [5.74, 6) is -0.147. The first kappa shape index (κ1) is 17.0. The van der Waals surface area contributed by atoms with Crippen molar-refractivity contribution in [1.82, 2.24) is 0 Å². The molecule has 118 valence electrons. The minimum absolute atomic E-state index is 0.0515. The molecular formula is C18H19ClN3O+. The topological polar surface area (TPSA) is 69.5 Å². The van der Waals surface area contributed by atoms with E-state index in [1.54, 1.807) is 24.3 Å². The zero-order valence-electron chi connectivity index (χ0n) is 13.1. The van der Waals surface area contributed by atoms with E-state index in [1.165, 1.54) is 0 Å². The smallest absolute Gasteiger partial charge is 0.282 e. The predicted molar refractivity (Wildman–Crippen MR) is 91.0 cm³/mol. The zero-order valence-corrected chi connectivity index (χ0v) is 13.8. The van der Waals surface area contributed by atoms with Crippen molar-refractivity contribution >= 4 is 23.2 Å². The summed E-state index contributed by atoms with van der Waals surface area (Å²) < 4.78 is 0. The first-order valence-electron chi connectivity index (χ1n) is 7.42. The molecule has 0 fully saturated rings. The number of benzene rings is 2. The summed E-state index contributed by atoms with van der Waals surface area (Å²) in [7, 11) is 0. The molecule has 0 bridgehead atoms. The highest BCUT2D eigenvalue weighted by molar-refractivity contribution is 6.31. The number of rotatable bonds is 5. The van der Waals surface area contributed by atoms with Crippen LogP contribution < -0.4 is 10.6 Å². The highest BCUT2D eigenvalue weighted by atomic mass is 35.5. The average molecular weight is 329 g/mol. The lowest BCUT2D eigenvalue weighted by Crippen LogP contribution is -2.91. The summed E-state index contributed by atoms with van der Waals surface area (Å²) in [5, 5.41) is 14.5. The Labute approximate surface area is 141 Å². The highest BCUT2D eigenvalue weighted by Crippen LogP contribution is 2.20. The third kappa shape index (κ3) is 4.32. The van der Waals surface area contributed by atoms with Crippen LogP contribution in [0.2, 0.25) is 5.02 Å². The number of carbonyl (C=O) groups is 1. The summed E-state index contributed by atoms with van der Waals surface area (Å²) in [6.07, 6.45) is 0. The van der Waals surface area contributed by atoms with E-state index in [0.29, 0.717) is 16.3 Å². The molecular weight excluding hydrogens is 310 g/mol. The van der Waals surface area contributed by atoms with Gasteiger partial charge < -0.3 is 10.6 Å². The van der Waals surface area contributed by atoms with Gasteiger partial charge in [-0.25, -0.2) is 0 Å². The van der Waals surface area contributed by atoms with Crippen molar-refractivity contribution in [1.29, 1.82) is 5.26 Å². The molecule has 2 rings (SSSR count). The number of hydrogen-bond donors (Lipinski definition) is 2. The maximum absolute atomic E-state index is 12.3. The standard InChI is InChI=1S/C18H18ClN3O/c1-12(15-8-4-5-9-16(15)19)21-13(2)18(23)22-17-10-6-3-7-14(17)11-20/h3-10,12-13,21H,1-2H3,(H,22,23)/p+1/t12-,13+/m1/s1. The normalized spacial score (nSPS) is 13.0. The zero-order chi connectivity index (χ0) is 16.8. The lowest BCUT2D eigenvalue weighted by atomic mass is 10.1. The van der Waals surface area contributed by atoms with Gasteiger partial charge in [-0.1, -0.05) is 41.9 Å². The molecule has 2 atom stereocenters. The molecule has 4 nitrogen and oxygen atoms in total. The van der Waals surface area contributed by atoms with Crippen LogP contribution in [0.3, 0.4) is 0 Å². The van der Waals surface area contributed by atoms with Crippen LogP contribution in [0.15, 0.2) is 48.5 Å². The molecule has 0 aliphatic heterocycles. The van der Waals surface area contributed by atoms with Gasteiger partial charge in [-0.3, -0.25) is 4.79 Å². The number of amides is 1. The van der Waals surface area contributed by atoms with Crippen LogP contribution in [0.4, 0.5) is 5.69 Å². The van der Waals surface area contributed by atoms with Crippen molar-refractivity contribution in [2.45, 2.75) is 25.9 Å². The molecule has 0 saturated heterocycles. The quantitative estimate of drug-likeness (QED) is 0.886. The van der Waals surface area contributed by atoms with E-state index < -0.39 is 0 Å². The molecule has 0 aliphatic carbocycles. The van der Waals surface area contributed by atoms with Crippen LogP contribution >= 0.6 is 11.6 Å². The maximum Gasteiger partial charge on any atom is 0.282 e. The van der Waals surface area contributed by atoms with E-state index >= 15 is 0 Å². The van der Waals surface area contributed by atoms with Crippen LogP contribution in [0.5, 0.6) is 0 Å². The number of nitrogens with zero attached hydrogens (tertiary/aromatic N) is 1. The Bertz CT molecular complexity index is 739.